The van der Waals surface area contributed by atoms with E-state index in [9.17, 15) is 17.2 Å². The molecule has 6 nitrogen and oxygen atoms in total. The van der Waals surface area contributed by atoms with Crippen molar-refractivity contribution < 1.29 is 17.2 Å². The molecule has 9 heteroatoms. The maximum absolute atomic E-state index is 14.7. The van der Waals surface area contributed by atoms with Crippen molar-refractivity contribution in [3.63, 3.8) is 0 Å². The van der Waals surface area contributed by atoms with Crippen LogP contribution < -0.4 is 0 Å². The van der Waals surface area contributed by atoms with E-state index in [1.165, 1.54) is 36.8 Å². The summed E-state index contributed by atoms with van der Waals surface area (Å²) >= 11 is 0. The average molecular weight is 519 g/mol. The number of pyridine rings is 1. The highest BCUT2D eigenvalue weighted by molar-refractivity contribution is 7.90. The summed E-state index contributed by atoms with van der Waals surface area (Å²) in [7, 11) is -2.12. The van der Waals surface area contributed by atoms with E-state index >= 15 is 0 Å². The van der Waals surface area contributed by atoms with Crippen LogP contribution in [0.2, 0.25) is 0 Å². The van der Waals surface area contributed by atoms with Gasteiger partial charge >= 0.3 is 0 Å². The van der Waals surface area contributed by atoms with Crippen molar-refractivity contribution in [3.05, 3.63) is 120 Å². The van der Waals surface area contributed by atoms with Crippen LogP contribution in [-0.2, 0) is 23.1 Å². The number of hydrogen-bond acceptors (Lipinski definition) is 4. The molecular weight excluding hydrogens is 494 g/mol. The van der Waals surface area contributed by atoms with Crippen molar-refractivity contribution in [3.8, 4) is 22.5 Å². The number of rotatable bonds is 8. The number of halogens is 2. The third kappa shape index (κ3) is 5.09. The Kier molecular flexibility index (Phi) is 6.73. The number of H-pyrrole nitrogens is 1. The minimum Gasteiger partial charge on any atom is -0.361 e. The summed E-state index contributed by atoms with van der Waals surface area (Å²) in [6, 6.07) is 19.2. The first-order chi connectivity index (χ1) is 17.8. The summed E-state index contributed by atoms with van der Waals surface area (Å²) in [5, 5.41) is 0. The predicted octanol–water partition coefficient (Wildman–Crippen LogP) is 5.69. The Labute approximate surface area is 213 Å². The number of aromatic amines is 1. The lowest BCUT2D eigenvalue weighted by atomic mass is 10.1. The number of aromatic nitrogens is 3. The third-order valence-electron chi connectivity index (χ3n) is 6.00. The first-order valence-electron chi connectivity index (χ1n) is 11.6. The highest BCUT2D eigenvalue weighted by atomic mass is 32.2. The highest BCUT2D eigenvalue weighted by Gasteiger charge is 2.24. The average Bonchev–Trinajstić information content (AvgIpc) is 3.53. The van der Waals surface area contributed by atoms with Crippen LogP contribution in [0.3, 0.4) is 0 Å². The monoisotopic (exact) mass is 518 g/mol. The normalized spacial score (nSPS) is 11.8. The highest BCUT2D eigenvalue weighted by Crippen LogP contribution is 2.30. The minimum atomic E-state index is -4.01. The van der Waals surface area contributed by atoms with E-state index < -0.39 is 15.8 Å². The van der Waals surface area contributed by atoms with Crippen LogP contribution in [0, 0.1) is 11.6 Å². The Balaban J connectivity index is 1.43. The van der Waals surface area contributed by atoms with Gasteiger partial charge in [-0.1, -0.05) is 24.3 Å². The van der Waals surface area contributed by atoms with Gasteiger partial charge in [0.25, 0.3) is 10.0 Å². The Hall–Kier alpha value is -4.08. The molecule has 37 heavy (non-hydrogen) atoms. The van der Waals surface area contributed by atoms with Gasteiger partial charge in [0.05, 0.1) is 5.69 Å². The fraction of sp³-hybridized carbons (Fsp3) is 0.107. The molecule has 0 unspecified atom stereocenters. The molecule has 0 aliphatic heterocycles. The zero-order chi connectivity index (χ0) is 26.0. The molecule has 0 radical (unpaired) electrons. The van der Waals surface area contributed by atoms with Crippen molar-refractivity contribution in [2.75, 3.05) is 7.05 Å². The van der Waals surface area contributed by atoms with Gasteiger partial charge in [-0.15, -0.1) is 0 Å². The number of nitrogens with one attached hydrogen (secondary N) is 1. The molecule has 0 spiro atoms. The van der Waals surface area contributed by atoms with Crippen LogP contribution in [0.15, 0.2) is 102 Å². The van der Waals surface area contributed by atoms with Gasteiger partial charge in [-0.25, -0.2) is 21.2 Å². The van der Waals surface area contributed by atoms with Crippen molar-refractivity contribution in [2.45, 2.75) is 18.0 Å². The van der Waals surface area contributed by atoms with Gasteiger partial charge in [0.2, 0.25) is 0 Å². The van der Waals surface area contributed by atoms with E-state index in [0.717, 1.165) is 9.54 Å². The van der Waals surface area contributed by atoms with Crippen LogP contribution in [0.1, 0.15) is 11.1 Å². The van der Waals surface area contributed by atoms with Gasteiger partial charge in [-0.3, -0.25) is 9.88 Å². The van der Waals surface area contributed by atoms with Gasteiger partial charge < -0.3 is 4.98 Å². The fourth-order valence-electron chi connectivity index (χ4n) is 4.31. The number of benzene rings is 2. The summed E-state index contributed by atoms with van der Waals surface area (Å²) < 4.78 is 56.9. The molecule has 3 aromatic heterocycles. The summed E-state index contributed by atoms with van der Waals surface area (Å²) in [5.74, 6) is -0.822. The van der Waals surface area contributed by atoms with E-state index in [1.807, 2.05) is 24.2 Å². The van der Waals surface area contributed by atoms with Gasteiger partial charge in [0.15, 0.2) is 0 Å². The molecule has 0 bridgehead atoms. The second-order valence-corrected chi connectivity index (χ2v) is 10.6. The summed E-state index contributed by atoms with van der Waals surface area (Å²) in [4.78, 5) is 9.05. The van der Waals surface area contributed by atoms with E-state index in [0.29, 0.717) is 29.9 Å². The van der Waals surface area contributed by atoms with Crippen LogP contribution in [0.25, 0.3) is 22.5 Å². The second-order valence-electron chi connectivity index (χ2n) is 8.78. The molecule has 0 aliphatic rings. The van der Waals surface area contributed by atoms with Crippen LogP contribution in [-0.4, -0.2) is 34.3 Å². The van der Waals surface area contributed by atoms with Crippen LogP contribution >= 0.6 is 0 Å². The van der Waals surface area contributed by atoms with E-state index in [-0.39, 0.29) is 22.0 Å². The molecule has 5 aromatic rings. The molecule has 0 saturated carbocycles. The molecule has 0 amide bonds. The first-order valence-corrected chi connectivity index (χ1v) is 13.0. The minimum absolute atomic E-state index is 0.0103. The van der Waals surface area contributed by atoms with Gasteiger partial charge in [0, 0.05) is 54.7 Å². The number of nitrogens with zero attached hydrogens (tertiary/aromatic N) is 3. The molecule has 0 fully saturated rings. The lowest BCUT2D eigenvalue weighted by molar-refractivity contribution is 0.319. The molecule has 0 atom stereocenters. The Morgan fingerprint density at radius 2 is 1.57 bits per heavy atom. The van der Waals surface area contributed by atoms with Crippen LogP contribution in [0.4, 0.5) is 8.78 Å². The Bertz CT molecular complexity index is 1650. The second kappa shape index (κ2) is 10.1. The molecule has 3 heterocycles. The molecule has 1 N–H and O–H groups in total. The van der Waals surface area contributed by atoms with Crippen molar-refractivity contribution in [1.82, 2.24) is 18.8 Å². The summed E-state index contributed by atoms with van der Waals surface area (Å²) in [6.07, 6.45) is 6.10. The van der Waals surface area contributed by atoms with Gasteiger partial charge in [0.1, 0.15) is 16.5 Å². The Morgan fingerprint density at radius 3 is 2.24 bits per heavy atom. The standard InChI is InChI=1S/C28H24F2N4O2S/c1-33(17-20-13-27(32-15-20)23-8-2-4-10-25(23)29)18-21-14-28(24-9-3-5-11-26(24)30)34(19-21)37(35,36)22-7-6-12-31-16-22/h2-16,19,32H,17-18H2,1H3. The smallest absolute Gasteiger partial charge is 0.269 e. The van der Waals surface area contributed by atoms with Gasteiger partial charge in [-0.2, -0.15) is 0 Å². The van der Waals surface area contributed by atoms with E-state index in [4.69, 9.17) is 0 Å². The number of hydrogen-bond donors (Lipinski definition) is 1. The van der Waals surface area contributed by atoms with Crippen LogP contribution in [0.5, 0.6) is 0 Å². The third-order valence-corrected chi connectivity index (χ3v) is 7.65. The maximum atomic E-state index is 14.7. The predicted molar refractivity (Wildman–Crippen MR) is 138 cm³/mol. The molecule has 0 saturated heterocycles. The maximum Gasteiger partial charge on any atom is 0.269 e. The Morgan fingerprint density at radius 1 is 0.892 bits per heavy atom. The van der Waals surface area contributed by atoms with Crippen molar-refractivity contribution >= 4 is 10.0 Å². The quantitative estimate of drug-likeness (QED) is 0.286. The lowest BCUT2D eigenvalue weighted by Gasteiger charge is -2.14. The van der Waals surface area contributed by atoms with Gasteiger partial charge in [-0.05, 0) is 66.7 Å². The molecule has 5 rings (SSSR count). The summed E-state index contributed by atoms with van der Waals surface area (Å²) in [5.41, 5.74) is 3.22. The van der Waals surface area contributed by atoms with E-state index in [2.05, 4.69) is 9.97 Å². The fourth-order valence-corrected chi connectivity index (χ4v) is 5.66. The molecule has 0 aliphatic carbocycles. The molecule has 2 aromatic carbocycles. The largest absolute Gasteiger partial charge is 0.361 e. The zero-order valence-electron chi connectivity index (χ0n) is 20.0. The topological polar surface area (TPSA) is 71.0 Å². The van der Waals surface area contributed by atoms with Crippen molar-refractivity contribution in [2.24, 2.45) is 0 Å². The summed E-state index contributed by atoms with van der Waals surface area (Å²) in [6.45, 7) is 0.928. The first kappa shape index (κ1) is 24.6. The van der Waals surface area contributed by atoms with E-state index in [1.54, 1.807) is 48.5 Å². The zero-order valence-corrected chi connectivity index (χ0v) is 20.8. The SMILES string of the molecule is CN(Cc1c[nH]c(-c2ccccc2F)c1)Cc1cc(-c2ccccc2F)n(S(=O)(=O)c2cccnc2)c1. The van der Waals surface area contributed by atoms with Crippen molar-refractivity contribution in [1.29, 1.82) is 0 Å². The molecular formula is C28H24F2N4O2S. The lowest BCUT2D eigenvalue weighted by Crippen LogP contribution is -2.17. The molecule has 188 valence electrons.